The van der Waals surface area contributed by atoms with E-state index >= 15 is 0 Å². The van der Waals surface area contributed by atoms with E-state index in [1.54, 1.807) is 0 Å². The fourth-order valence-corrected chi connectivity index (χ4v) is 3.01. The summed E-state index contributed by atoms with van der Waals surface area (Å²) in [6.07, 6.45) is 16.5. The van der Waals surface area contributed by atoms with Crippen LogP contribution in [0, 0.1) is 5.41 Å². The lowest BCUT2D eigenvalue weighted by molar-refractivity contribution is -0.173. The first kappa shape index (κ1) is 27.1. The van der Waals surface area contributed by atoms with Gasteiger partial charge in [0.05, 0.1) is 12.0 Å². The molecule has 0 aromatic carbocycles. The second-order valence-corrected chi connectivity index (χ2v) is 8.65. The van der Waals surface area contributed by atoms with Crippen molar-refractivity contribution in [2.75, 3.05) is 6.61 Å². The predicted molar refractivity (Wildman–Crippen MR) is 113 cm³/mol. The molecule has 5 heteroatoms. The van der Waals surface area contributed by atoms with Crippen molar-refractivity contribution in [1.29, 1.82) is 0 Å². The van der Waals surface area contributed by atoms with Gasteiger partial charge in [-0.1, -0.05) is 96.8 Å². The van der Waals surface area contributed by atoms with Crippen LogP contribution in [-0.4, -0.2) is 34.9 Å². The number of hydrogen-bond donors (Lipinski definition) is 2. The number of rotatable bonds is 18. The molecule has 28 heavy (non-hydrogen) atoms. The molecular weight excluding hydrogens is 356 g/mol. The van der Waals surface area contributed by atoms with Gasteiger partial charge in [0, 0.05) is 0 Å². The lowest BCUT2D eigenvalue weighted by Crippen LogP contribution is -2.35. The van der Waals surface area contributed by atoms with Crippen LogP contribution in [0.15, 0.2) is 0 Å². The molecule has 0 amide bonds. The monoisotopic (exact) mass is 400 g/mol. The third-order valence-corrected chi connectivity index (χ3v) is 5.24. The van der Waals surface area contributed by atoms with Gasteiger partial charge in [-0.3, -0.25) is 4.79 Å². The van der Waals surface area contributed by atoms with Crippen molar-refractivity contribution in [1.82, 2.24) is 0 Å². The maximum Gasteiger partial charge on any atom is 0.342 e. The molecule has 0 radical (unpaired) electrons. The van der Waals surface area contributed by atoms with Gasteiger partial charge in [-0.25, -0.2) is 4.79 Å². The molecule has 0 heterocycles. The van der Waals surface area contributed by atoms with Gasteiger partial charge in [0.25, 0.3) is 0 Å². The van der Waals surface area contributed by atoms with Crippen LogP contribution >= 0.6 is 0 Å². The van der Waals surface area contributed by atoms with Gasteiger partial charge < -0.3 is 14.9 Å². The van der Waals surface area contributed by atoms with E-state index in [-0.39, 0.29) is 0 Å². The van der Waals surface area contributed by atoms with Gasteiger partial charge in [-0.2, -0.15) is 0 Å². The number of aliphatic hydroxyl groups excluding tert-OH is 2. The van der Waals surface area contributed by atoms with Gasteiger partial charge in [0.2, 0.25) is 0 Å². The topological polar surface area (TPSA) is 83.8 Å². The van der Waals surface area contributed by atoms with Crippen molar-refractivity contribution < 1.29 is 24.5 Å². The molecule has 2 N–H and O–H groups in total. The van der Waals surface area contributed by atoms with Crippen LogP contribution in [0.3, 0.4) is 0 Å². The molecule has 0 aromatic heterocycles. The van der Waals surface area contributed by atoms with Crippen LogP contribution in [0.25, 0.3) is 0 Å². The van der Waals surface area contributed by atoms with E-state index in [9.17, 15) is 14.7 Å². The molecule has 0 aromatic rings. The Kier molecular flexibility index (Phi) is 16.4. The van der Waals surface area contributed by atoms with Crippen LogP contribution in [-0.2, 0) is 14.3 Å². The molecule has 0 aliphatic rings. The largest absolute Gasteiger partial charge is 0.395 e. The highest BCUT2D eigenvalue weighted by Crippen LogP contribution is 2.17. The van der Waals surface area contributed by atoms with E-state index in [0.717, 1.165) is 19.3 Å². The normalized spacial score (nSPS) is 12.8. The first-order chi connectivity index (χ1) is 13.3. The molecule has 0 aliphatic heterocycles. The SMILES string of the molecule is CCCCCCCCCCCCCCCCC(O)C(=O)OC(=O)C(C)(C)CO. The highest BCUT2D eigenvalue weighted by molar-refractivity contribution is 5.90. The lowest BCUT2D eigenvalue weighted by atomic mass is 9.95. The predicted octanol–water partition coefficient (Wildman–Crippen LogP) is 5.31. The summed E-state index contributed by atoms with van der Waals surface area (Å²) in [5, 5.41) is 18.9. The Bertz CT molecular complexity index is 406. The third-order valence-electron chi connectivity index (χ3n) is 5.24. The molecule has 0 spiro atoms. The molecule has 1 unspecified atom stereocenters. The van der Waals surface area contributed by atoms with Crippen LogP contribution in [0.4, 0.5) is 0 Å². The number of ether oxygens (including phenoxy) is 1. The fourth-order valence-electron chi connectivity index (χ4n) is 3.01. The van der Waals surface area contributed by atoms with E-state index in [2.05, 4.69) is 11.7 Å². The van der Waals surface area contributed by atoms with Crippen LogP contribution in [0.5, 0.6) is 0 Å². The summed E-state index contributed by atoms with van der Waals surface area (Å²) in [6.45, 7) is 4.82. The molecule has 0 saturated heterocycles. The van der Waals surface area contributed by atoms with E-state index in [1.165, 1.54) is 84.5 Å². The summed E-state index contributed by atoms with van der Waals surface area (Å²) >= 11 is 0. The number of unbranched alkanes of at least 4 members (excludes halogenated alkanes) is 13. The fraction of sp³-hybridized carbons (Fsp3) is 0.913. The van der Waals surface area contributed by atoms with Crippen LogP contribution in [0.1, 0.15) is 117 Å². The van der Waals surface area contributed by atoms with Crippen molar-refractivity contribution in [3.8, 4) is 0 Å². The summed E-state index contributed by atoms with van der Waals surface area (Å²) in [6, 6.07) is 0. The van der Waals surface area contributed by atoms with E-state index in [1.807, 2.05) is 0 Å². The smallest absolute Gasteiger partial charge is 0.342 e. The maximum atomic E-state index is 11.7. The minimum atomic E-state index is -1.27. The lowest BCUT2D eigenvalue weighted by Gasteiger charge is -2.19. The van der Waals surface area contributed by atoms with Gasteiger partial charge in [0.1, 0.15) is 0 Å². The van der Waals surface area contributed by atoms with Crippen LogP contribution < -0.4 is 0 Å². The van der Waals surface area contributed by atoms with Crippen molar-refractivity contribution in [3.63, 3.8) is 0 Å². The first-order valence-electron chi connectivity index (χ1n) is 11.4. The average Bonchev–Trinajstić information content (AvgIpc) is 2.67. The van der Waals surface area contributed by atoms with Crippen molar-refractivity contribution in [2.24, 2.45) is 5.41 Å². The Labute approximate surface area is 172 Å². The number of aliphatic hydroxyl groups is 2. The van der Waals surface area contributed by atoms with Gasteiger partial charge in [0.15, 0.2) is 6.10 Å². The molecular formula is C23H44O5. The van der Waals surface area contributed by atoms with E-state index in [4.69, 9.17) is 5.11 Å². The minimum absolute atomic E-state index is 0.309. The quantitative estimate of drug-likeness (QED) is 0.185. The molecule has 0 bridgehead atoms. The number of esters is 2. The van der Waals surface area contributed by atoms with Gasteiger partial charge in [-0.15, -0.1) is 0 Å². The summed E-state index contributed by atoms with van der Waals surface area (Å²) in [7, 11) is 0. The number of hydrogen-bond acceptors (Lipinski definition) is 5. The molecule has 1 atom stereocenters. The maximum absolute atomic E-state index is 11.7. The Morgan fingerprint density at radius 2 is 1.18 bits per heavy atom. The summed E-state index contributed by atoms with van der Waals surface area (Å²) in [5.41, 5.74) is -1.13. The number of carbonyl (C=O) groups is 2. The van der Waals surface area contributed by atoms with Crippen molar-refractivity contribution in [2.45, 2.75) is 123 Å². The molecule has 0 aliphatic carbocycles. The van der Waals surface area contributed by atoms with Crippen molar-refractivity contribution >= 4 is 11.9 Å². The zero-order chi connectivity index (χ0) is 21.3. The second-order valence-electron chi connectivity index (χ2n) is 8.65. The molecule has 5 nitrogen and oxygen atoms in total. The Morgan fingerprint density at radius 1 is 0.786 bits per heavy atom. The highest BCUT2D eigenvalue weighted by atomic mass is 16.6. The minimum Gasteiger partial charge on any atom is -0.395 e. The summed E-state index contributed by atoms with van der Waals surface area (Å²) in [4.78, 5) is 23.4. The van der Waals surface area contributed by atoms with Crippen LogP contribution in [0.2, 0.25) is 0 Å². The van der Waals surface area contributed by atoms with E-state index < -0.39 is 30.1 Å². The Morgan fingerprint density at radius 3 is 1.57 bits per heavy atom. The molecule has 0 rings (SSSR count). The summed E-state index contributed by atoms with van der Waals surface area (Å²) < 4.78 is 4.65. The van der Waals surface area contributed by atoms with Gasteiger partial charge in [-0.05, 0) is 20.3 Å². The average molecular weight is 401 g/mol. The van der Waals surface area contributed by atoms with Gasteiger partial charge >= 0.3 is 11.9 Å². The molecule has 166 valence electrons. The molecule has 0 saturated carbocycles. The summed E-state index contributed by atoms with van der Waals surface area (Å²) in [5.74, 6) is -1.72. The number of carbonyl (C=O) groups excluding carboxylic acids is 2. The zero-order valence-corrected chi connectivity index (χ0v) is 18.5. The van der Waals surface area contributed by atoms with E-state index in [0.29, 0.717) is 6.42 Å². The highest BCUT2D eigenvalue weighted by Gasteiger charge is 2.32. The second kappa shape index (κ2) is 17.0. The first-order valence-corrected chi connectivity index (χ1v) is 11.4. The molecule has 0 fully saturated rings. The van der Waals surface area contributed by atoms with Crippen molar-refractivity contribution in [3.05, 3.63) is 0 Å². The standard InChI is InChI=1S/C23H44O5/c1-4-5-6-7-8-9-10-11-12-13-14-15-16-17-18-20(25)21(26)28-22(27)23(2,3)19-24/h20,24-25H,4-19H2,1-3H3. The zero-order valence-electron chi connectivity index (χ0n) is 18.5. The Balaban J connectivity index is 3.50. The third kappa shape index (κ3) is 14.1. The Hall–Kier alpha value is -0.940.